The van der Waals surface area contributed by atoms with Gasteiger partial charge in [-0.1, -0.05) is 27.7 Å². The molecule has 2 heteroatoms. The van der Waals surface area contributed by atoms with Gasteiger partial charge in [-0.05, 0) is 18.9 Å². The number of ketones is 1. The van der Waals surface area contributed by atoms with Crippen LogP contribution in [0.1, 0.15) is 40.5 Å². The average Bonchev–Trinajstić information content (AvgIpc) is 1.85. The van der Waals surface area contributed by atoms with E-state index in [-0.39, 0.29) is 5.41 Å². The van der Waals surface area contributed by atoms with Crippen molar-refractivity contribution in [3.05, 3.63) is 0 Å². The normalized spacial score (nSPS) is 12.2. The molecule has 0 bridgehead atoms. The number of Topliss-reactive ketones (excluding diaryl/α,β-unsaturated/α-hetero) is 1. The summed E-state index contributed by atoms with van der Waals surface area (Å²) in [5.74, 6) is 0.789. The van der Waals surface area contributed by atoms with E-state index in [1.807, 2.05) is 13.8 Å². The van der Waals surface area contributed by atoms with Crippen LogP contribution < -0.4 is 5.73 Å². The molecular weight excluding hydrogens is 150 g/mol. The lowest BCUT2D eigenvalue weighted by Crippen LogP contribution is -2.28. The Kier molecular flexibility index (Phi) is 4.46. The number of hydrogen-bond donors (Lipinski definition) is 1. The summed E-state index contributed by atoms with van der Waals surface area (Å²) in [7, 11) is 0. The molecule has 0 heterocycles. The topological polar surface area (TPSA) is 43.1 Å². The lowest BCUT2D eigenvalue weighted by molar-refractivity contribution is -0.128. The van der Waals surface area contributed by atoms with Crippen molar-refractivity contribution < 1.29 is 4.79 Å². The first-order valence-corrected chi connectivity index (χ1v) is 4.63. The Morgan fingerprint density at radius 3 is 2.25 bits per heavy atom. The van der Waals surface area contributed by atoms with Gasteiger partial charge in [-0.3, -0.25) is 4.79 Å². The van der Waals surface area contributed by atoms with E-state index < -0.39 is 0 Å². The first-order chi connectivity index (χ1) is 5.40. The van der Waals surface area contributed by atoms with Crippen molar-refractivity contribution >= 4 is 5.78 Å². The fraction of sp³-hybridized carbons (Fsp3) is 0.900. The quantitative estimate of drug-likeness (QED) is 0.687. The first kappa shape index (κ1) is 11.6. The maximum absolute atomic E-state index is 11.6. The summed E-state index contributed by atoms with van der Waals surface area (Å²) in [5, 5.41) is 0. The van der Waals surface area contributed by atoms with E-state index in [2.05, 4.69) is 13.8 Å². The van der Waals surface area contributed by atoms with Gasteiger partial charge in [0, 0.05) is 11.8 Å². The molecule has 0 aromatic carbocycles. The van der Waals surface area contributed by atoms with E-state index in [0.717, 1.165) is 6.42 Å². The Morgan fingerprint density at radius 1 is 1.42 bits per heavy atom. The van der Waals surface area contributed by atoms with Gasteiger partial charge in [0.15, 0.2) is 0 Å². The van der Waals surface area contributed by atoms with Crippen molar-refractivity contribution in [3.8, 4) is 0 Å². The van der Waals surface area contributed by atoms with Gasteiger partial charge >= 0.3 is 0 Å². The minimum Gasteiger partial charge on any atom is -0.330 e. The highest BCUT2D eigenvalue weighted by Gasteiger charge is 2.26. The van der Waals surface area contributed by atoms with Crippen LogP contribution in [0.4, 0.5) is 0 Å². The maximum Gasteiger partial charge on any atom is 0.138 e. The number of nitrogens with two attached hydrogens (primary N) is 1. The third kappa shape index (κ3) is 3.86. The zero-order valence-corrected chi connectivity index (χ0v) is 8.68. The highest BCUT2D eigenvalue weighted by molar-refractivity contribution is 5.84. The van der Waals surface area contributed by atoms with E-state index in [1.54, 1.807) is 0 Å². The summed E-state index contributed by atoms with van der Waals surface area (Å²) in [5.41, 5.74) is 5.21. The molecule has 12 heavy (non-hydrogen) atoms. The van der Waals surface area contributed by atoms with Gasteiger partial charge in [-0.2, -0.15) is 0 Å². The average molecular weight is 171 g/mol. The molecule has 0 aromatic rings. The van der Waals surface area contributed by atoms with Crippen LogP contribution in [-0.2, 0) is 4.79 Å². The summed E-state index contributed by atoms with van der Waals surface area (Å²) in [6.07, 6.45) is 1.46. The molecule has 0 saturated heterocycles. The standard InChI is InChI=1S/C10H21NO/c1-8(2)7-9(12)10(3,4)5-6-11/h8H,5-7,11H2,1-4H3. The molecule has 0 aliphatic heterocycles. The number of hydrogen-bond acceptors (Lipinski definition) is 2. The lowest BCUT2D eigenvalue weighted by atomic mass is 9.81. The minimum atomic E-state index is -0.223. The summed E-state index contributed by atoms with van der Waals surface area (Å²) >= 11 is 0. The van der Waals surface area contributed by atoms with Gasteiger partial charge in [0.25, 0.3) is 0 Å². The molecule has 0 unspecified atom stereocenters. The third-order valence-corrected chi connectivity index (χ3v) is 2.12. The molecule has 0 aliphatic carbocycles. The van der Waals surface area contributed by atoms with Crippen LogP contribution >= 0.6 is 0 Å². The number of carbonyl (C=O) groups is 1. The second-order valence-corrected chi connectivity index (χ2v) is 4.44. The van der Waals surface area contributed by atoms with Gasteiger partial charge in [0.05, 0.1) is 0 Å². The highest BCUT2D eigenvalue weighted by Crippen LogP contribution is 2.24. The van der Waals surface area contributed by atoms with Crippen molar-refractivity contribution in [1.82, 2.24) is 0 Å². The summed E-state index contributed by atoms with van der Waals surface area (Å²) in [6, 6.07) is 0. The van der Waals surface area contributed by atoms with Crippen LogP contribution in [0, 0.1) is 11.3 Å². The molecule has 0 fully saturated rings. The largest absolute Gasteiger partial charge is 0.330 e. The van der Waals surface area contributed by atoms with Crippen molar-refractivity contribution in [2.45, 2.75) is 40.5 Å². The predicted molar refractivity (Wildman–Crippen MR) is 51.9 cm³/mol. The van der Waals surface area contributed by atoms with E-state index in [1.165, 1.54) is 0 Å². The van der Waals surface area contributed by atoms with Crippen LogP contribution in [0.3, 0.4) is 0 Å². The first-order valence-electron chi connectivity index (χ1n) is 4.63. The van der Waals surface area contributed by atoms with Gasteiger partial charge in [0.1, 0.15) is 5.78 Å². The fourth-order valence-electron chi connectivity index (χ4n) is 1.15. The van der Waals surface area contributed by atoms with Crippen LogP contribution in [0.25, 0.3) is 0 Å². The molecular formula is C10H21NO. The van der Waals surface area contributed by atoms with E-state index >= 15 is 0 Å². The van der Waals surface area contributed by atoms with E-state index in [0.29, 0.717) is 24.7 Å². The van der Waals surface area contributed by atoms with Gasteiger partial charge < -0.3 is 5.73 Å². The van der Waals surface area contributed by atoms with Crippen LogP contribution in [0.5, 0.6) is 0 Å². The molecule has 0 atom stereocenters. The third-order valence-electron chi connectivity index (χ3n) is 2.12. The fourth-order valence-corrected chi connectivity index (χ4v) is 1.15. The van der Waals surface area contributed by atoms with Gasteiger partial charge in [-0.25, -0.2) is 0 Å². The Morgan fingerprint density at radius 2 is 1.92 bits per heavy atom. The molecule has 0 spiro atoms. The second kappa shape index (κ2) is 4.61. The second-order valence-electron chi connectivity index (χ2n) is 4.44. The molecule has 0 radical (unpaired) electrons. The van der Waals surface area contributed by atoms with Gasteiger partial charge in [-0.15, -0.1) is 0 Å². The molecule has 0 aromatic heterocycles. The Labute approximate surface area is 75.5 Å². The SMILES string of the molecule is CC(C)CC(=O)C(C)(C)CCN. The zero-order valence-electron chi connectivity index (χ0n) is 8.68. The van der Waals surface area contributed by atoms with Crippen LogP contribution in [0.15, 0.2) is 0 Å². The monoisotopic (exact) mass is 171 g/mol. The number of rotatable bonds is 5. The predicted octanol–water partition coefficient (Wildman–Crippen LogP) is 1.98. The minimum absolute atomic E-state index is 0.223. The molecule has 0 saturated carbocycles. The molecule has 0 amide bonds. The summed E-state index contributed by atoms with van der Waals surface area (Å²) < 4.78 is 0. The van der Waals surface area contributed by atoms with Crippen molar-refractivity contribution in [2.24, 2.45) is 17.1 Å². The molecule has 2 N–H and O–H groups in total. The van der Waals surface area contributed by atoms with E-state index in [4.69, 9.17) is 5.73 Å². The lowest BCUT2D eigenvalue weighted by Gasteiger charge is -2.23. The molecule has 2 nitrogen and oxygen atoms in total. The molecule has 0 aliphatic rings. The zero-order chi connectivity index (χ0) is 9.78. The van der Waals surface area contributed by atoms with Crippen molar-refractivity contribution in [3.63, 3.8) is 0 Å². The number of carbonyl (C=O) groups excluding carboxylic acids is 1. The highest BCUT2D eigenvalue weighted by atomic mass is 16.1. The summed E-state index contributed by atoms with van der Waals surface area (Å²) in [6.45, 7) is 8.68. The van der Waals surface area contributed by atoms with Crippen LogP contribution in [0.2, 0.25) is 0 Å². The smallest absolute Gasteiger partial charge is 0.138 e. The van der Waals surface area contributed by atoms with Crippen molar-refractivity contribution in [1.29, 1.82) is 0 Å². The Hall–Kier alpha value is -0.370. The maximum atomic E-state index is 11.6. The van der Waals surface area contributed by atoms with Crippen molar-refractivity contribution in [2.75, 3.05) is 6.54 Å². The Balaban J connectivity index is 4.06. The van der Waals surface area contributed by atoms with E-state index in [9.17, 15) is 4.79 Å². The van der Waals surface area contributed by atoms with Crippen LogP contribution in [-0.4, -0.2) is 12.3 Å². The summed E-state index contributed by atoms with van der Waals surface area (Å²) in [4.78, 5) is 11.6. The molecule has 0 rings (SSSR count). The Bertz CT molecular complexity index is 150. The molecule has 72 valence electrons. The van der Waals surface area contributed by atoms with Gasteiger partial charge in [0.2, 0.25) is 0 Å².